The Kier molecular flexibility index (Phi) is 13.3. The molecule has 0 bridgehead atoms. The molecule has 0 unspecified atom stereocenters. The fourth-order valence-electron chi connectivity index (χ4n) is 6.02. The highest BCUT2D eigenvalue weighted by molar-refractivity contribution is 7.92. The smallest absolute Gasteiger partial charge is 0.336 e. The molecule has 0 fully saturated rings. The summed E-state index contributed by atoms with van der Waals surface area (Å²) < 4.78 is 55.9. The van der Waals surface area contributed by atoms with Crippen molar-refractivity contribution in [1.29, 1.82) is 0 Å². The van der Waals surface area contributed by atoms with E-state index in [0.717, 1.165) is 22.1 Å². The predicted molar refractivity (Wildman–Crippen MR) is 234 cm³/mol. The molecule has 2 amide bonds. The summed E-state index contributed by atoms with van der Waals surface area (Å²) in [6.45, 7) is 6.76. The lowest BCUT2D eigenvalue weighted by Crippen LogP contribution is -2.22. The van der Waals surface area contributed by atoms with Crippen molar-refractivity contribution in [3.63, 3.8) is 0 Å². The van der Waals surface area contributed by atoms with Crippen molar-refractivity contribution >= 4 is 72.7 Å². The van der Waals surface area contributed by atoms with E-state index in [4.69, 9.17) is 28.8 Å². The molecule has 0 saturated carbocycles. The number of pyridine rings is 1. The summed E-state index contributed by atoms with van der Waals surface area (Å²) in [4.78, 5) is 29.9. The maximum atomic E-state index is 13.5. The van der Waals surface area contributed by atoms with Gasteiger partial charge in [-0.1, -0.05) is 45.0 Å². The lowest BCUT2D eigenvalue weighted by atomic mass is 9.86. The molecule has 4 aromatic carbocycles. The second-order valence-electron chi connectivity index (χ2n) is 14.5. The van der Waals surface area contributed by atoms with Gasteiger partial charge >= 0.3 is 12.0 Å². The van der Waals surface area contributed by atoms with Crippen LogP contribution in [-0.4, -0.2) is 64.2 Å². The van der Waals surface area contributed by atoms with Gasteiger partial charge in [0.25, 0.3) is 0 Å². The van der Waals surface area contributed by atoms with Gasteiger partial charge < -0.3 is 44.7 Å². The molecule has 6 aromatic rings. The second kappa shape index (κ2) is 18.6. The number of nitrogens with zero attached hydrogens (tertiary/aromatic N) is 1. The van der Waals surface area contributed by atoms with E-state index < -0.39 is 22.0 Å². The van der Waals surface area contributed by atoms with Gasteiger partial charge in [0.2, 0.25) is 10.0 Å². The van der Waals surface area contributed by atoms with Gasteiger partial charge in [0.1, 0.15) is 35.4 Å². The standard InChI is InChI=1S/C43H45N5O10S2/c1-43(2,3)27-18-36(40(55-5)37(19-27)48-60(6,52)53)47-42(51)46-35-11-12-38(34-10-8-7-9-33(34)35)58-29-13-14-44-39(23-29)45-28-20-30(54-4)22-31(21-28)57-16-15-56-24-32-17-26(25-59-32)41(49)50/h7-14,17-23,25,48H,15-16,24H2,1-6H3,(H,44,45)(H,49,50)(H2,46,47,51). The van der Waals surface area contributed by atoms with Crippen LogP contribution in [0.4, 0.5) is 33.4 Å². The number of carbonyl (C=O) groups is 2. The molecule has 0 saturated heterocycles. The number of anilines is 5. The van der Waals surface area contributed by atoms with Gasteiger partial charge in [0, 0.05) is 57.2 Å². The SMILES string of the molecule is COc1cc(Nc2cc(Oc3ccc(NC(=O)Nc4cc(C(C)(C)C)cc(NS(C)(=O)=O)c4OC)c4ccccc34)ccn2)cc(OCCOCc2cc(C(=O)O)cs2)c1. The molecule has 0 radical (unpaired) electrons. The molecule has 17 heteroatoms. The van der Waals surface area contributed by atoms with Crippen LogP contribution in [0.3, 0.4) is 0 Å². The summed E-state index contributed by atoms with van der Waals surface area (Å²) in [6, 6.07) is 24.2. The van der Waals surface area contributed by atoms with Gasteiger partial charge in [0.15, 0.2) is 5.75 Å². The molecule has 0 aliphatic heterocycles. The zero-order valence-corrected chi connectivity index (χ0v) is 35.4. The largest absolute Gasteiger partial charge is 0.497 e. The molecule has 60 heavy (non-hydrogen) atoms. The number of ether oxygens (including phenoxy) is 5. The molecule has 0 aliphatic rings. The van der Waals surface area contributed by atoms with Crippen molar-refractivity contribution < 1.29 is 46.8 Å². The number of nitrogens with one attached hydrogen (secondary N) is 4. The summed E-state index contributed by atoms with van der Waals surface area (Å²) in [7, 11) is -0.692. The predicted octanol–water partition coefficient (Wildman–Crippen LogP) is 9.46. The number of aromatic nitrogens is 1. The van der Waals surface area contributed by atoms with Crippen molar-refractivity contribution in [3.05, 3.63) is 113 Å². The van der Waals surface area contributed by atoms with Gasteiger partial charge in [-0.2, -0.15) is 0 Å². The molecule has 15 nitrogen and oxygen atoms in total. The van der Waals surface area contributed by atoms with Crippen molar-refractivity contribution in [2.45, 2.75) is 32.8 Å². The Bertz CT molecular complexity index is 2630. The van der Waals surface area contributed by atoms with Crippen LogP contribution in [0.2, 0.25) is 0 Å². The Balaban J connectivity index is 1.13. The van der Waals surface area contributed by atoms with Gasteiger partial charge in [-0.05, 0) is 47.4 Å². The quantitative estimate of drug-likeness (QED) is 0.0546. The van der Waals surface area contributed by atoms with E-state index in [0.29, 0.717) is 45.6 Å². The van der Waals surface area contributed by atoms with Gasteiger partial charge in [0.05, 0.1) is 56.3 Å². The highest BCUT2D eigenvalue weighted by atomic mass is 32.2. The molecule has 5 N–H and O–H groups in total. The van der Waals surface area contributed by atoms with Crippen molar-refractivity contribution in [3.8, 4) is 28.7 Å². The first-order chi connectivity index (χ1) is 28.6. The van der Waals surface area contributed by atoms with E-state index in [2.05, 4.69) is 25.7 Å². The number of carbonyl (C=O) groups excluding carboxylic acids is 1. The number of hydrogen-bond donors (Lipinski definition) is 5. The normalized spacial score (nSPS) is 11.4. The van der Waals surface area contributed by atoms with E-state index in [1.54, 1.807) is 79.4 Å². The average molecular weight is 856 g/mol. The minimum absolute atomic E-state index is 0.163. The number of rotatable bonds is 17. The van der Waals surface area contributed by atoms with E-state index in [1.807, 2.05) is 45.0 Å². The van der Waals surface area contributed by atoms with Crippen LogP contribution >= 0.6 is 11.3 Å². The number of thiophene rings is 1. The lowest BCUT2D eigenvalue weighted by Gasteiger charge is -2.24. The molecule has 0 atom stereocenters. The van der Waals surface area contributed by atoms with E-state index >= 15 is 0 Å². The van der Waals surface area contributed by atoms with Crippen LogP contribution in [0, 0.1) is 0 Å². The number of methoxy groups -OCH3 is 2. The minimum Gasteiger partial charge on any atom is -0.497 e. The van der Waals surface area contributed by atoms with Crippen LogP contribution < -0.4 is 39.6 Å². The fourth-order valence-corrected chi connectivity index (χ4v) is 7.36. The van der Waals surface area contributed by atoms with Crippen LogP contribution in [0.25, 0.3) is 10.8 Å². The van der Waals surface area contributed by atoms with Gasteiger partial charge in [-0.25, -0.2) is 23.0 Å². The summed E-state index contributed by atoms with van der Waals surface area (Å²) in [5, 5.41) is 21.2. The Labute approximate surface area is 351 Å². The second-order valence-corrected chi connectivity index (χ2v) is 17.2. The van der Waals surface area contributed by atoms with Crippen molar-refractivity contribution in [2.75, 3.05) is 54.4 Å². The Morgan fingerprint density at radius 2 is 1.55 bits per heavy atom. The Morgan fingerprint density at radius 3 is 2.25 bits per heavy atom. The molecule has 314 valence electrons. The molecular formula is C43H45N5O10S2. The summed E-state index contributed by atoms with van der Waals surface area (Å²) in [6.07, 6.45) is 2.66. The Hall–Kier alpha value is -6.56. The molecule has 6 rings (SSSR count). The first kappa shape index (κ1) is 43.0. The third kappa shape index (κ3) is 11.3. The number of carboxylic acid groups (broad SMARTS) is 1. The number of hydrogen-bond acceptors (Lipinski definition) is 12. The number of urea groups is 1. The Morgan fingerprint density at radius 1 is 0.817 bits per heavy atom. The highest BCUT2D eigenvalue weighted by Crippen LogP contribution is 2.40. The van der Waals surface area contributed by atoms with Crippen LogP contribution in [-0.2, 0) is 26.8 Å². The topological polar surface area (TPSA) is 196 Å². The fraction of sp³-hybridized carbons (Fsp3) is 0.233. The molecular weight excluding hydrogens is 811 g/mol. The maximum absolute atomic E-state index is 13.5. The number of benzene rings is 4. The zero-order valence-electron chi connectivity index (χ0n) is 33.7. The number of amides is 2. The zero-order chi connectivity index (χ0) is 43.0. The van der Waals surface area contributed by atoms with Crippen molar-refractivity contribution in [1.82, 2.24) is 4.98 Å². The first-order valence-electron chi connectivity index (χ1n) is 18.5. The monoisotopic (exact) mass is 855 g/mol. The van der Waals surface area contributed by atoms with Gasteiger partial charge in [-0.3, -0.25) is 4.72 Å². The van der Waals surface area contributed by atoms with E-state index in [-0.39, 0.29) is 47.9 Å². The molecule has 2 heterocycles. The third-order valence-electron chi connectivity index (χ3n) is 8.82. The minimum atomic E-state index is -3.65. The number of fused-ring (bicyclic) bond motifs is 1. The van der Waals surface area contributed by atoms with Crippen LogP contribution in [0.15, 0.2) is 96.5 Å². The lowest BCUT2D eigenvalue weighted by molar-refractivity contribution is 0.0696. The summed E-state index contributed by atoms with van der Waals surface area (Å²) in [5.74, 6) is 1.81. The highest BCUT2D eigenvalue weighted by Gasteiger charge is 2.23. The third-order valence-corrected chi connectivity index (χ3v) is 10.3. The van der Waals surface area contributed by atoms with E-state index in [9.17, 15) is 18.0 Å². The number of sulfonamides is 1. The first-order valence-corrected chi connectivity index (χ1v) is 21.3. The summed E-state index contributed by atoms with van der Waals surface area (Å²) in [5.41, 5.74) is 2.29. The van der Waals surface area contributed by atoms with E-state index in [1.165, 1.54) is 18.4 Å². The number of aromatic carboxylic acids is 1. The van der Waals surface area contributed by atoms with Crippen LogP contribution in [0.1, 0.15) is 41.6 Å². The molecule has 0 aliphatic carbocycles. The van der Waals surface area contributed by atoms with Crippen LogP contribution in [0.5, 0.6) is 28.7 Å². The maximum Gasteiger partial charge on any atom is 0.336 e. The number of carboxylic acids is 1. The molecule has 0 spiro atoms. The van der Waals surface area contributed by atoms with Crippen molar-refractivity contribution in [2.24, 2.45) is 0 Å². The summed E-state index contributed by atoms with van der Waals surface area (Å²) >= 11 is 1.33. The molecule has 2 aromatic heterocycles. The van der Waals surface area contributed by atoms with Gasteiger partial charge in [-0.15, -0.1) is 11.3 Å². The average Bonchev–Trinajstić information content (AvgIpc) is 3.67.